The Labute approximate surface area is 112 Å². The molecule has 0 bridgehead atoms. The van der Waals surface area contributed by atoms with E-state index in [1.165, 1.54) is 0 Å². The van der Waals surface area contributed by atoms with E-state index in [1.54, 1.807) is 6.92 Å². The van der Waals surface area contributed by atoms with Crippen molar-refractivity contribution in [2.45, 2.75) is 33.6 Å². The van der Waals surface area contributed by atoms with Gasteiger partial charge in [-0.15, -0.1) is 10.2 Å². The van der Waals surface area contributed by atoms with Gasteiger partial charge in [-0.05, 0) is 37.5 Å². The van der Waals surface area contributed by atoms with Crippen LogP contribution in [0.2, 0.25) is 0 Å². The third kappa shape index (κ3) is 2.59. The van der Waals surface area contributed by atoms with Crippen molar-refractivity contribution >= 4 is 11.6 Å². The molecular weight excluding hydrogens is 242 g/mol. The molecule has 0 saturated heterocycles. The van der Waals surface area contributed by atoms with Gasteiger partial charge in [0.15, 0.2) is 11.5 Å². The number of pyridine rings is 1. The van der Waals surface area contributed by atoms with Gasteiger partial charge in [-0.25, -0.2) is 0 Å². The summed E-state index contributed by atoms with van der Waals surface area (Å²) in [6.07, 6.45) is 1.90. The summed E-state index contributed by atoms with van der Waals surface area (Å²) in [5, 5.41) is 8.30. The van der Waals surface area contributed by atoms with Gasteiger partial charge < -0.3 is 4.74 Å². The number of rotatable bonds is 4. The first-order valence-electron chi connectivity index (χ1n) is 6.52. The zero-order valence-electron chi connectivity index (χ0n) is 11.8. The van der Waals surface area contributed by atoms with Gasteiger partial charge in [-0.2, -0.15) is 0 Å². The number of aryl methyl sites for hydroxylation is 1. The third-order valence-corrected chi connectivity index (χ3v) is 3.08. The second-order valence-corrected chi connectivity index (χ2v) is 4.96. The van der Waals surface area contributed by atoms with E-state index in [0.29, 0.717) is 12.4 Å². The lowest BCUT2D eigenvalue weighted by molar-refractivity contribution is -0.146. The molecule has 2 aromatic rings. The zero-order valence-corrected chi connectivity index (χ0v) is 11.8. The fourth-order valence-electron chi connectivity index (χ4n) is 2.13. The van der Waals surface area contributed by atoms with E-state index in [4.69, 9.17) is 4.74 Å². The summed E-state index contributed by atoms with van der Waals surface area (Å²) in [5.41, 5.74) is 1.87. The van der Waals surface area contributed by atoms with Crippen LogP contribution in [0.5, 0.6) is 0 Å². The summed E-state index contributed by atoms with van der Waals surface area (Å²) in [6, 6.07) is 3.92. The summed E-state index contributed by atoms with van der Waals surface area (Å²) >= 11 is 0. The molecule has 1 unspecified atom stereocenters. The molecule has 2 aromatic heterocycles. The first kappa shape index (κ1) is 13.5. The van der Waals surface area contributed by atoms with Crippen molar-refractivity contribution in [3.05, 3.63) is 29.7 Å². The van der Waals surface area contributed by atoms with Gasteiger partial charge in [0.1, 0.15) is 5.92 Å². The highest BCUT2D eigenvalue weighted by molar-refractivity contribution is 5.77. The van der Waals surface area contributed by atoms with Gasteiger partial charge >= 0.3 is 5.97 Å². The number of nitrogens with zero attached hydrogens (tertiary/aromatic N) is 3. The van der Waals surface area contributed by atoms with E-state index in [1.807, 2.05) is 43.5 Å². The quantitative estimate of drug-likeness (QED) is 0.793. The highest BCUT2D eigenvalue weighted by Crippen LogP contribution is 2.25. The van der Waals surface area contributed by atoms with Crippen molar-refractivity contribution in [2.24, 2.45) is 5.92 Å². The number of hydrogen-bond acceptors (Lipinski definition) is 4. The van der Waals surface area contributed by atoms with Crippen molar-refractivity contribution in [3.8, 4) is 0 Å². The maximum atomic E-state index is 12.1. The fraction of sp³-hybridized carbons (Fsp3) is 0.500. The molecule has 102 valence electrons. The normalized spacial score (nSPS) is 12.9. The number of hydrogen-bond donors (Lipinski definition) is 0. The summed E-state index contributed by atoms with van der Waals surface area (Å²) in [6.45, 7) is 8.14. The number of carbonyl (C=O) groups excluding carboxylic acids is 1. The Kier molecular flexibility index (Phi) is 3.83. The minimum Gasteiger partial charge on any atom is -0.465 e. The predicted molar refractivity (Wildman–Crippen MR) is 71.9 cm³/mol. The first-order chi connectivity index (χ1) is 9.04. The predicted octanol–water partition coefficient (Wildman–Crippen LogP) is 2.34. The van der Waals surface area contributed by atoms with E-state index in [2.05, 4.69) is 10.2 Å². The molecule has 0 spiro atoms. The minimum absolute atomic E-state index is 0.104. The highest BCUT2D eigenvalue weighted by Gasteiger charge is 2.30. The van der Waals surface area contributed by atoms with Crippen molar-refractivity contribution < 1.29 is 9.53 Å². The molecule has 0 aromatic carbocycles. The zero-order chi connectivity index (χ0) is 14.0. The molecule has 0 aliphatic rings. The average molecular weight is 261 g/mol. The Bertz CT molecular complexity index is 589. The van der Waals surface area contributed by atoms with Crippen LogP contribution in [0.15, 0.2) is 18.3 Å². The van der Waals surface area contributed by atoms with Gasteiger partial charge in [0.25, 0.3) is 0 Å². The summed E-state index contributed by atoms with van der Waals surface area (Å²) in [5.74, 6) is 0.112. The number of esters is 1. The molecule has 0 amide bonds. The molecular formula is C14H19N3O2. The van der Waals surface area contributed by atoms with Gasteiger partial charge in [0, 0.05) is 6.20 Å². The van der Waals surface area contributed by atoms with Gasteiger partial charge in [0.05, 0.1) is 6.61 Å². The van der Waals surface area contributed by atoms with Crippen LogP contribution in [0.3, 0.4) is 0 Å². The number of carbonyl (C=O) groups is 1. The Morgan fingerprint density at radius 2 is 2.16 bits per heavy atom. The van der Waals surface area contributed by atoms with Gasteiger partial charge in [-0.1, -0.05) is 13.8 Å². The largest absolute Gasteiger partial charge is 0.465 e. The van der Waals surface area contributed by atoms with Gasteiger partial charge in [-0.3, -0.25) is 9.20 Å². The van der Waals surface area contributed by atoms with Crippen LogP contribution < -0.4 is 0 Å². The molecule has 2 rings (SSSR count). The van der Waals surface area contributed by atoms with Gasteiger partial charge in [0.2, 0.25) is 0 Å². The summed E-state index contributed by atoms with van der Waals surface area (Å²) in [4.78, 5) is 12.1. The van der Waals surface area contributed by atoms with Crippen LogP contribution in [0.25, 0.3) is 5.65 Å². The van der Waals surface area contributed by atoms with E-state index in [0.717, 1.165) is 11.2 Å². The Balaban J connectivity index is 2.48. The van der Waals surface area contributed by atoms with Crippen LogP contribution in [0.1, 0.15) is 38.1 Å². The maximum absolute atomic E-state index is 12.1. The summed E-state index contributed by atoms with van der Waals surface area (Å²) < 4.78 is 7.00. The number of fused-ring (bicyclic) bond motifs is 1. The van der Waals surface area contributed by atoms with E-state index >= 15 is 0 Å². The molecule has 0 saturated carbocycles. The standard InChI is InChI=1S/C14H19N3O2/c1-5-19-14(18)12(9(2)3)13-16-15-11-8-10(4)6-7-17(11)13/h6-9,12H,5H2,1-4H3. The van der Waals surface area contributed by atoms with Crippen LogP contribution in [-0.4, -0.2) is 27.2 Å². The van der Waals surface area contributed by atoms with E-state index in [9.17, 15) is 4.79 Å². The van der Waals surface area contributed by atoms with Crippen LogP contribution in [-0.2, 0) is 9.53 Å². The molecule has 0 fully saturated rings. The second kappa shape index (κ2) is 5.38. The monoisotopic (exact) mass is 261 g/mol. The molecule has 1 atom stereocenters. The Morgan fingerprint density at radius 3 is 2.79 bits per heavy atom. The second-order valence-electron chi connectivity index (χ2n) is 4.96. The molecule has 0 N–H and O–H groups in total. The Hall–Kier alpha value is -1.91. The molecule has 0 aliphatic carbocycles. The lowest BCUT2D eigenvalue weighted by Crippen LogP contribution is -2.23. The lowest BCUT2D eigenvalue weighted by atomic mass is 9.95. The molecule has 5 heteroatoms. The van der Waals surface area contributed by atoms with Crippen LogP contribution in [0, 0.1) is 12.8 Å². The lowest BCUT2D eigenvalue weighted by Gasteiger charge is -2.17. The molecule has 19 heavy (non-hydrogen) atoms. The average Bonchev–Trinajstić information content (AvgIpc) is 2.72. The van der Waals surface area contributed by atoms with Crippen molar-refractivity contribution in [1.82, 2.24) is 14.6 Å². The molecule has 0 radical (unpaired) electrons. The molecule has 0 aliphatic heterocycles. The van der Waals surface area contributed by atoms with Crippen molar-refractivity contribution in [2.75, 3.05) is 6.61 Å². The summed E-state index contributed by atoms with van der Waals surface area (Å²) in [7, 11) is 0. The minimum atomic E-state index is -0.391. The van der Waals surface area contributed by atoms with Crippen LogP contribution in [0.4, 0.5) is 0 Å². The van der Waals surface area contributed by atoms with E-state index in [-0.39, 0.29) is 11.9 Å². The number of ether oxygens (including phenoxy) is 1. The van der Waals surface area contributed by atoms with E-state index < -0.39 is 5.92 Å². The third-order valence-electron chi connectivity index (χ3n) is 3.08. The smallest absolute Gasteiger partial charge is 0.316 e. The van der Waals surface area contributed by atoms with Crippen molar-refractivity contribution in [3.63, 3.8) is 0 Å². The number of aromatic nitrogens is 3. The molecule has 2 heterocycles. The van der Waals surface area contributed by atoms with Crippen LogP contribution >= 0.6 is 0 Å². The molecule has 5 nitrogen and oxygen atoms in total. The first-order valence-corrected chi connectivity index (χ1v) is 6.52. The maximum Gasteiger partial charge on any atom is 0.316 e. The topological polar surface area (TPSA) is 56.5 Å². The highest BCUT2D eigenvalue weighted by atomic mass is 16.5. The Morgan fingerprint density at radius 1 is 1.42 bits per heavy atom. The SMILES string of the molecule is CCOC(=O)C(c1nnc2cc(C)ccn12)C(C)C. The fourth-order valence-corrected chi connectivity index (χ4v) is 2.13. The van der Waals surface area contributed by atoms with Crippen molar-refractivity contribution in [1.29, 1.82) is 0 Å².